The number of hydrogen-bond donors (Lipinski definition) is 0. The van der Waals surface area contributed by atoms with Gasteiger partial charge in [-0.3, -0.25) is 14.4 Å². The molecule has 0 aliphatic heterocycles. The molecule has 0 aromatic rings. The van der Waals surface area contributed by atoms with E-state index in [4.69, 9.17) is 14.2 Å². The first kappa shape index (κ1) is 78.6. The fraction of sp³-hybridized carbons (Fsp3) is 0.880. The molecule has 0 saturated heterocycles. The monoisotopic (exact) mass is 1140 g/mol. The van der Waals surface area contributed by atoms with Gasteiger partial charge >= 0.3 is 17.9 Å². The number of allylic oxidation sites excluding steroid dienone is 6. The van der Waals surface area contributed by atoms with Gasteiger partial charge in [-0.2, -0.15) is 0 Å². The summed E-state index contributed by atoms with van der Waals surface area (Å²) in [7, 11) is 0. The van der Waals surface area contributed by atoms with Crippen LogP contribution in [0.3, 0.4) is 0 Å². The van der Waals surface area contributed by atoms with Crippen LogP contribution < -0.4 is 0 Å². The Morgan fingerprint density at radius 1 is 0.247 bits per heavy atom. The lowest BCUT2D eigenvalue weighted by molar-refractivity contribution is -0.167. The molecular weight excluding hydrogens is 997 g/mol. The van der Waals surface area contributed by atoms with Crippen molar-refractivity contribution in [2.45, 2.75) is 412 Å². The highest BCUT2D eigenvalue weighted by atomic mass is 16.6. The highest BCUT2D eigenvalue weighted by molar-refractivity contribution is 5.71. The van der Waals surface area contributed by atoms with Gasteiger partial charge in [0.05, 0.1) is 0 Å². The van der Waals surface area contributed by atoms with E-state index in [0.29, 0.717) is 19.3 Å². The van der Waals surface area contributed by atoms with E-state index >= 15 is 0 Å². The highest BCUT2D eigenvalue weighted by Crippen LogP contribution is 2.19. The molecule has 0 aromatic heterocycles. The van der Waals surface area contributed by atoms with Crippen LogP contribution in [0.4, 0.5) is 0 Å². The average molecular weight is 1140 g/mol. The largest absolute Gasteiger partial charge is 0.462 e. The summed E-state index contributed by atoms with van der Waals surface area (Å²) < 4.78 is 17.0. The zero-order chi connectivity index (χ0) is 58.5. The first-order chi connectivity index (χ1) is 40.0. The fourth-order valence-corrected chi connectivity index (χ4v) is 11.2. The minimum atomic E-state index is -0.773. The number of rotatable bonds is 68. The Balaban J connectivity index is 4.31. The number of carbonyl (C=O) groups is 3. The van der Waals surface area contributed by atoms with Gasteiger partial charge in [0.2, 0.25) is 0 Å². The fourth-order valence-electron chi connectivity index (χ4n) is 11.2. The number of ether oxygens (including phenoxy) is 3. The third-order valence-electron chi connectivity index (χ3n) is 16.6. The lowest BCUT2D eigenvalue weighted by Gasteiger charge is -2.18. The van der Waals surface area contributed by atoms with Crippen molar-refractivity contribution in [1.82, 2.24) is 0 Å². The molecule has 0 aliphatic carbocycles. The lowest BCUT2D eigenvalue weighted by Crippen LogP contribution is -2.30. The molecule has 0 saturated carbocycles. The first-order valence-electron chi connectivity index (χ1n) is 36.5. The van der Waals surface area contributed by atoms with Gasteiger partial charge < -0.3 is 14.2 Å². The van der Waals surface area contributed by atoms with E-state index < -0.39 is 6.10 Å². The number of unbranched alkanes of at least 4 members (excludes halogenated alkanes) is 51. The summed E-state index contributed by atoms with van der Waals surface area (Å²) in [4.78, 5) is 38.5. The molecule has 0 aliphatic rings. The summed E-state index contributed by atoms with van der Waals surface area (Å²) in [5.41, 5.74) is 0. The van der Waals surface area contributed by atoms with Crippen LogP contribution in [0, 0.1) is 0 Å². The maximum Gasteiger partial charge on any atom is 0.306 e. The second-order valence-corrected chi connectivity index (χ2v) is 24.9. The molecule has 476 valence electrons. The van der Waals surface area contributed by atoms with Crippen molar-refractivity contribution >= 4 is 17.9 Å². The normalized spacial score (nSPS) is 12.2. The molecule has 0 rings (SSSR count). The van der Waals surface area contributed by atoms with Crippen molar-refractivity contribution in [3.8, 4) is 0 Å². The Kier molecular flexibility index (Phi) is 68.1. The quantitative estimate of drug-likeness (QED) is 0.0261. The van der Waals surface area contributed by atoms with Gasteiger partial charge in [0.15, 0.2) is 6.10 Å². The van der Waals surface area contributed by atoms with Crippen LogP contribution in [0.1, 0.15) is 406 Å². The Labute approximate surface area is 506 Å². The topological polar surface area (TPSA) is 78.9 Å². The van der Waals surface area contributed by atoms with Gasteiger partial charge in [-0.15, -0.1) is 0 Å². The second-order valence-electron chi connectivity index (χ2n) is 24.9. The molecule has 0 spiro atoms. The van der Waals surface area contributed by atoms with Crippen LogP contribution in [0.15, 0.2) is 36.5 Å². The Hall–Kier alpha value is -2.37. The second kappa shape index (κ2) is 70.1. The predicted molar refractivity (Wildman–Crippen MR) is 353 cm³/mol. The summed E-state index contributed by atoms with van der Waals surface area (Å²) in [6.45, 7) is 6.71. The third-order valence-corrected chi connectivity index (χ3v) is 16.6. The Morgan fingerprint density at radius 2 is 0.444 bits per heavy atom. The van der Waals surface area contributed by atoms with E-state index in [-0.39, 0.29) is 31.1 Å². The van der Waals surface area contributed by atoms with Crippen LogP contribution in [0.5, 0.6) is 0 Å². The molecule has 0 fully saturated rings. The summed E-state index contributed by atoms with van der Waals surface area (Å²) >= 11 is 0. The lowest BCUT2D eigenvalue weighted by atomic mass is 10.0. The summed E-state index contributed by atoms with van der Waals surface area (Å²) in [5, 5.41) is 0. The van der Waals surface area contributed by atoms with Crippen molar-refractivity contribution in [2.24, 2.45) is 0 Å². The molecule has 1 unspecified atom stereocenters. The van der Waals surface area contributed by atoms with Crippen LogP contribution in [-0.4, -0.2) is 37.2 Å². The minimum Gasteiger partial charge on any atom is -0.462 e. The molecule has 0 aromatic carbocycles. The molecule has 81 heavy (non-hydrogen) atoms. The van der Waals surface area contributed by atoms with Gasteiger partial charge in [0.25, 0.3) is 0 Å². The van der Waals surface area contributed by atoms with E-state index in [0.717, 1.165) is 77.0 Å². The smallest absolute Gasteiger partial charge is 0.306 e. The molecule has 0 heterocycles. The SMILES string of the molecule is CCCCCCC/C=C\C/C=C\C/C=C\CCCCCCCCCCC(=O)OCC(COC(=O)CCCCCCCCCCCCCCCCCCC)OC(=O)CCCCCCCCCCCCCCCCCCCCCCCCC. The zero-order valence-corrected chi connectivity index (χ0v) is 54.8. The first-order valence-corrected chi connectivity index (χ1v) is 36.5. The maximum atomic E-state index is 13.0. The summed E-state index contributed by atoms with van der Waals surface area (Å²) in [6, 6.07) is 0. The zero-order valence-electron chi connectivity index (χ0n) is 54.8. The van der Waals surface area contributed by atoms with Gasteiger partial charge in [-0.25, -0.2) is 0 Å². The Bertz CT molecular complexity index is 1350. The number of hydrogen-bond acceptors (Lipinski definition) is 6. The van der Waals surface area contributed by atoms with E-state index in [2.05, 4.69) is 57.2 Å². The predicted octanol–water partition coefficient (Wildman–Crippen LogP) is 25.1. The standard InChI is InChI=1S/C75H140O6/c1-4-7-10-13-16-19-22-25-28-31-33-35-37-39-41-44-47-50-53-56-59-62-65-68-74(77)80-71-72(70-79-73(76)67-64-61-58-55-52-49-46-43-30-27-24-21-18-15-12-9-6-3)81-75(78)69-66-63-60-57-54-51-48-45-42-40-38-36-34-32-29-26-23-20-17-14-11-8-5-2/h22,25,31,33,37,39,72H,4-21,23-24,26-30,32,34-36,38,40-71H2,1-3H3/b25-22-,33-31-,39-37-. The maximum absolute atomic E-state index is 13.0. The van der Waals surface area contributed by atoms with Crippen molar-refractivity contribution in [3.63, 3.8) is 0 Å². The highest BCUT2D eigenvalue weighted by Gasteiger charge is 2.19. The Morgan fingerprint density at radius 3 is 0.691 bits per heavy atom. The van der Waals surface area contributed by atoms with Gasteiger partial charge in [-0.1, -0.05) is 365 Å². The molecule has 0 N–H and O–H groups in total. The van der Waals surface area contributed by atoms with Crippen molar-refractivity contribution in [3.05, 3.63) is 36.5 Å². The van der Waals surface area contributed by atoms with Crippen LogP contribution >= 0.6 is 0 Å². The summed E-state index contributed by atoms with van der Waals surface area (Å²) in [6.07, 6.45) is 87.4. The van der Waals surface area contributed by atoms with E-state index in [1.807, 2.05) is 0 Å². The van der Waals surface area contributed by atoms with E-state index in [9.17, 15) is 14.4 Å². The van der Waals surface area contributed by atoms with E-state index in [1.165, 1.54) is 289 Å². The molecule has 6 heteroatoms. The van der Waals surface area contributed by atoms with Crippen LogP contribution in [-0.2, 0) is 28.6 Å². The molecule has 0 amide bonds. The molecular formula is C75H140O6. The summed E-state index contributed by atoms with van der Waals surface area (Å²) in [5.74, 6) is -0.842. The number of carbonyl (C=O) groups excluding carboxylic acids is 3. The van der Waals surface area contributed by atoms with Crippen LogP contribution in [0.25, 0.3) is 0 Å². The van der Waals surface area contributed by atoms with Crippen LogP contribution in [0.2, 0.25) is 0 Å². The van der Waals surface area contributed by atoms with Gasteiger partial charge in [-0.05, 0) is 57.8 Å². The van der Waals surface area contributed by atoms with Gasteiger partial charge in [0, 0.05) is 19.3 Å². The molecule has 1 atom stereocenters. The van der Waals surface area contributed by atoms with Crippen molar-refractivity contribution in [1.29, 1.82) is 0 Å². The number of esters is 3. The van der Waals surface area contributed by atoms with Crippen molar-refractivity contribution < 1.29 is 28.6 Å². The average Bonchev–Trinajstić information content (AvgIpc) is 3.47. The van der Waals surface area contributed by atoms with Gasteiger partial charge in [0.1, 0.15) is 13.2 Å². The molecule has 0 radical (unpaired) electrons. The molecule has 6 nitrogen and oxygen atoms in total. The van der Waals surface area contributed by atoms with Crippen molar-refractivity contribution in [2.75, 3.05) is 13.2 Å². The minimum absolute atomic E-state index is 0.0682. The molecule has 0 bridgehead atoms. The third kappa shape index (κ3) is 68.3. The van der Waals surface area contributed by atoms with E-state index in [1.54, 1.807) is 0 Å².